The fraction of sp³-hybridized carbons (Fsp3) is 0.500. The van der Waals surface area contributed by atoms with Gasteiger partial charge in [0.15, 0.2) is 0 Å². The highest BCUT2D eigenvalue weighted by atomic mass is 32.5. The number of amides is 1. The summed E-state index contributed by atoms with van der Waals surface area (Å²) in [6.07, 6.45) is 4.20. The minimum atomic E-state index is -9.83. The molecule has 3 fully saturated rings. The molecule has 5 rings (SSSR count). The topological polar surface area (TPSA) is 78.9 Å². The van der Waals surface area contributed by atoms with Gasteiger partial charge in [0.2, 0.25) is 0 Å². The molecule has 2 saturated heterocycles. The fourth-order valence-electron chi connectivity index (χ4n) is 6.09. The molecule has 0 aromatic heterocycles. The van der Waals surface area contributed by atoms with Crippen LogP contribution < -0.4 is 5.32 Å². The Morgan fingerprint density at radius 1 is 1.00 bits per heavy atom. The minimum Gasteiger partial charge on any atom is -0.478 e. The number of rotatable bonds is 8. The van der Waals surface area contributed by atoms with Gasteiger partial charge in [0.05, 0.1) is 12.2 Å². The van der Waals surface area contributed by atoms with E-state index in [2.05, 4.69) is 10.2 Å². The Labute approximate surface area is 233 Å². The van der Waals surface area contributed by atoms with Gasteiger partial charge < -0.3 is 15.2 Å². The maximum atomic E-state index is 13.8. The van der Waals surface area contributed by atoms with Crippen molar-refractivity contribution < 1.29 is 43.3 Å². The van der Waals surface area contributed by atoms with E-state index in [-0.39, 0.29) is 35.5 Å². The smallest absolute Gasteiger partial charge is 0.338 e. The first-order valence-electron chi connectivity index (χ1n) is 13.6. The Bertz CT molecular complexity index is 1340. The highest BCUT2D eigenvalue weighted by Gasteiger charge is 2.65. The highest BCUT2D eigenvalue weighted by molar-refractivity contribution is 8.45. The number of carbonyl (C=O) groups is 2. The second-order valence-corrected chi connectivity index (χ2v) is 13.7. The Morgan fingerprint density at radius 2 is 1.71 bits per heavy atom. The first-order chi connectivity index (χ1) is 19.1. The summed E-state index contributed by atoms with van der Waals surface area (Å²) in [7, 11) is -9.83. The second-order valence-electron chi connectivity index (χ2n) is 11.3. The van der Waals surface area contributed by atoms with Crippen LogP contribution in [0.25, 0.3) is 0 Å². The molecule has 3 aliphatic rings. The molecule has 0 radical (unpaired) electrons. The number of aromatic carboxylic acids is 1. The molecule has 2 atom stereocenters. The number of hydrogen-bond donors (Lipinski definition) is 2. The number of piperidine rings is 1. The first-order valence-corrected chi connectivity index (χ1v) is 15.5. The van der Waals surface area contributed by atoms with Crippen molar-refractivity contribution in [2.75, 3.05) is 19.7 Å². The van der Waals surface area contributed by atoms with E-state index in [1.165, 1.54) is 18.2 Å². The van der Waals surface area contributed by atoms with E-state index in [9.17, 15) is 38.5 Å². The van der Waals surface area contributed by atoms with Crippen LogP contribution in [0.3, 0.4) is 0 Å². The van der Waals surface area contributed by atoms with E-state index >= 15 is 0 Å². The molecule has 0 bridgehead atoms. The van der Waals surface area contributed by atoms with E-state index in [1.54, 1.807) is 6.07 Å². The van der Waals surface area contributed by atoms with Crippen molar-refractivity contribution in [2.24, 2.45) is 5.92 Å². The van der Waals surface area contributed by atoms with Crippen molar-refractivity contribution in [1.29, 1.82) is 0 Å². The number of nitrogens with one attached hydrogen (secondary N) is 1. The van der Waals surface area contributed by atoms with Crippen molar-refractivity contribution >= 4 is 22.1 Å². The van der Waals surface area contributed by atoms with Crippen LogP contribution in [0, 0.1) is 11.7 Å². The maximum Gasteiger partial charge on any atom is 0.338 e. The summed E-state index contributed by atoms with van der Waals surface area (Å²) < 4.78 is 86.0. The molecule has 6 nitrogen and oxygen atoms in total. The van der Waals surface area contributed by atoms with E-state index in [0.717, 1.165) is 50.4 Å². The lowest BCUT2D eigenvalue weighted by molar-refractivity contribution is -0.165. The van der Waals surface area contributed by atoms with Crippen LogP contribution in [0.15, 0.2) is 47.4 Å². The molecule has 1 saturated carbocycles. The number of carboxylic acids is 1. The number of nitrogens with zero attached hydrogens (tertiary/aromatic N) is 1. The number of benzene rings is 2. The summed E-state index contributed by atoms with van der Waals surface area (Å²) in [5.41, 5.74) is -0.733. The lowest BCUT2D eigenvalue weighted by Gasteiger charge is -2.45. The van der Waals surface area contributed by atoms with Gasteiger partial charge in [-0.25, -0.2) is 9.18 Å². The van der Waals surface area contributed by atoms with Gasteiger partial charge in [-0.15, -0.1) is 0 Å². The molecule has 13 heteroatoms. The normalized spacial score (nSPS) is 26.1. The van der Waals surface area contributed by atoms with Gasteiger partial charge >= 0.3 is 16.2 Å². The summed E-state index contributed by atoms with van der Waals surface area (Å²) in [5, 5.41) is 11.8. The lowest BCUT2D eigenvalue weighted by Crippen LogP contribution is -2.57. The van der Waals surface area contributed by atoms with E-state index in [4.69, 9.17) is 4.74 Å². The van der Waals surface area contributed by atoms with Crippen LogP contribution in [-0.2, 0) is 16.1 Å². The van der Waals surface area contributed by atoms with Crippen molar-refractivity contribution in [3.8, 4) is 0 Å². The van der Waals surface area contributed by atoms with E-state index < -0.39 is 38.4 Å². The average molecular weight is 607 g/mol. The first kappa shape index (κ1) is 29.7. The molecule has 2 N–H and O–H groups in total. The van der Waals surface area contributed by atoms with E-state index in [0.29, 0.717) is 31.6 Å². The molecule has 226 valence electrons. The monoisotopic (exact) mass is 606 g/mol. The molecular weight excluding hydrogens is 574 g/mol. The Kier molecular flexibility index (Phi) is 7.18. The van der Waals surface area contributed by atoms with Crippen LogP contribution in [0.5, 0.6) is 0 Å². The number of halogens is 6. The summed E-state index contributed by atoms with van der Waals surface area (Å²) >= 11 is 0. The van der Waals surface area contributed by atoms with E-state index in [1.807, 2.05) is 0 Å². The Balaban J connectivity index is 1.17. The number of carbonyl (C=O) groups excluding carboxylic acids is 1. The third kappa shape index (κ3) is 6.51. The number of ether oxygens (including phenoxy) is 1. The van der Waals surface area contributed by atoms with Crippen molar-refractivity contribution in [1.82, 2.24) is 10.2 Å². The number of hydrogen-bond acceptors (Lipinski definition) is 4. The molecule has 2 aromatic carbocycles. The van der Waals surface area contributed by atoms with Crippen LogP contribution in [0.1, 0.15) is 65.9 Å². The molecular formula is C28H32F6N2O4S. The molecule has 2 aliphatic heterocycles. The van der Waals surface area contributed by atoms with Crippen LogP contribution in [0.2, 0.25) is 0 Å². The standard InChI is InChI=1S/C28H32F6N2O4S/c29-25-7-4-20(15-24(25)26(37)38)19-9-12-36(13-10-19)22-8-11-28(40-17-22,21-5-6-21)27(39)35-16-18-2-1-3-23(14-18)41(30,31,32,33)34/h1-4,7,14-15,19,21-22H,5-6,8-13,16-17H2,(H,35,39)(H,37,38)/t22-,28+/m1/s1. The molecule has 41 heavy (non-hydrogen) atoms. The SMILES string of the molecule is O=C(O)c1cc(C2CCN([C@@H]3CC[C@@](C(=O)NCc4cccc(S(F)(F)(F)(F)F)c4)(C4CC4)OC3)CC2)ccc1F. The average Bonchev–Trinajstić information content (AvgIpc) is 3.77. The summed E-state index contributed by atoms with van der Waals surface area (Å²) in [4.78, 5) is 24.9. The third-order valence-corrected chi connectivity index (χ3v) is 9.68. The molecule has 0 spiro atoms. The molecule has 1 amide bonds. The van der Waals surface area contributed by atoms with Gasteiger partial charge in [-0.05, 0) is 98.8 Å². The predicted molar refractivity (Wildman–Crippen MR) is 141 cm³/mol. The second kappa shape index (κ2) is 9.91. The van der Waals surface area contributed by atoms with Crippen LogP contribution in [0.4, 0.5) is 23.8 Å². The molecule has 2 heterocycles. The summed E-state index contributed by atoms with van der Waals surface area (Å²) in [6, 6.07) is 7.14. The summed E-state index contributed by atoms with van der Waals surface area (Å²) in [6.45, 7) is 1.42. The van der Waals surface area contributed by atoms with Gasteiger partial charge in [0, 0.05) is 12.6 Å². The summed E-state index contributed by atoms with van der Waals surface area (Å²) in [5.74, 6) is -2.42. The zero-order chi connectivity index (χ0) is 29.7. The van der Waals surface area contributed by atoms with Crippen molar-refractivity contribution in [3.63, 3.8) is 0 Å². The minimum absolute atomic E-state index is 0.00730. The highest BCUT2D eigenvalue weighted by Crippen LogP contribution is 3.02. The third-order valence-electron chi connectivity index (χ3n) is 8.54. The predicted octanol–water partition coefficient (Wildman–Crippen LogP) is 7.00. The lowest BCUT2D eigenvalue weighted by atomic mass is 9.84. The Morgan fingerprint density at radius 3 is 2.29 bits per heavy atom. The quantitative estimate of drug-likeness (QED) is 0.317. The molecule has 1 aliphatic carbocycles. The van der Waals surface area contributed by atoms with Gasteiger partial charge in [-0.3, -0.25) is 9.69 Å². The Hall–Kier alpha value is -2.77. The zero-order valence-corrected chi connectivity index (χ0v) is 23.0. The van der Waals surface area contributed by atoms with Gasteiger partial charge in [-0.2, -0.15) is 0 Å². The van der Waals surface area contributed by atoms with Crippen molar-refractivity contribution in [2.45, 2.75) is 67.5 Å². The van der Waals surface area contributed by atoms with Crippen LogP contribution in [-0.4, -0.2) is 53.2 Å². The number of likely N-dealkylation sites (tertiary alicyclic amines) is 1. The van der Waals surface area contributed by atoms with Gasteiger partial charge in [-0.1, -0.05) is 37.6 Å². The van der Waals surface area contributed by atoms with Crippen LogP contribution >= 0.6 is 10.2 Å². The van der Waals surface area contributed by atoms with Crippen molar-refractivity contribution in [3.05, 3.63) is 65.0 Å². The zero-order valence-electron chi connectivity index (χ0n) is 22.1. The maximum absolute atomic E-state index is 13.8. The largest absolute Gasteiger partial charge is 0.478 e. The van der Waals surface area contributed by atoms with Gasteiger partial charge in [0.1, 0.15) is 16.3 Å². The van der Waals surface area contributed by atoms with Gasteiger partial charge in [0.25, 0.3) is 5.91 Å². The fourth-order valence-corrected chi connectivity index (χ4v) is 6.80. The number of carboxylic acid groups (broad SMARTS) is 1. The molecule has 0 unspecified atom stereocenters. The molecule has 2 aromatic rings.